The van der Waals surface area contributed by atoms with Crippen molar-refractivity contribution >= 4 is 34.7 Å². The molecule has 1 aliphatic rings. The van der Waals surface area contributed by atoms with Crippen LogP contribution in [0.3, 0.4) is 0 Å². The number of piperazine rings is 1. The van der Waals surface area contributed by atoms with E-state index in [-0.39, 0.29) is 6.03 Å². The molecule has 5 aromatic rings. The highest BCUT2D eigenvalue weighted by atomic mass is 16.5. The fraction of sp³-hybridized carbons (Fsp3) is 0.176. The Balaban J connectivity index is 1.13. The number of rotatable bonds is 8. The van der Waals surface area contributed by atoms with E-state index in [9.17, 15) is 4.79 Å². The van der Waals surface area contributed by atoms with Gasteiger partial charge in [-0.15, -0.1) is 0 Å². The quantitative estimate of drug-likeness (QED) is 0.183. The molecule has 0 radical (unpaired) electrons. The summed E-state index contributed by atoms with van der Waals surface area (Å²) in [4.78, 5) is 30.8. The van der Waals surface area contributed by atoms with Crippen LogP contribution in [0, 0.1) is 6.92 Å². The molecule has 1 saturated heterocycles. The number of carbonyl (C=O) groups is 1. The number of urea groups is 1. The lowest BCUT2D eigenvalue weighted by Crippen LogP contribution is -2.44. The zero-order valence-electron chi connectivity index (χ0n) is 24.7. The Kier molecular flexibility index (Phi) is 8.60. The fourth-order valence-electron chi connectivity index (χ4n) is 4.95. The van der Waals surface area contributed by atoms with Gasteiger partial charge in [-0.2, -0.15) is 0 Å². The van der Waals surface area contributed by atoms with Gasteiger partial charge in [-0.25, -0.2) is 19.7 Å². The Labute approximate surface area is 256 Å². The van der Waals surface area contributed by atoms with Gasteiger partial charge in [0.2, 0.25) is 11.8 Å². The Bertz CT molecular complexity index is 1720. The summed E-state index contributed by atoms with van der Waals surface area (Å²) in [6.07, 6.45) is 3.40. The number of aromatic nitrogens is 3. The Morgan fingerprint density at radius 2 is 1.52 bits per heavy atom. The third-order valence-corrected chi connectivity index (χ3v) is 7.37. The van der Waals surface area contributed by atoms with Gasteiger partial charge in [0.1, 0.15) is 5.75 Å². The van der Waals surface area contributed by atoms with Crippen molar-refractivity contribution in [3.8, 4) is 22.9 Å². The number of amides is 2. The molecule has 1 fully saturated rings. The molecule has 222 valence electrons. The van der Waals surface area contributed by atoms with Gasteiger partial charge in [-0.3, -0.25) is 0 Å². The van der Waals surface area contributed by atoms with E-state index in [4.69, 9.17) is 9.72 Å². The van der Waals surface area contributed by atoms with Crippen LogP contribution < -0.4 is 25.6 Å². The minimum Gasteiger partial charge on any atom is -0.438 e. The van der Waals surface area contributed by atoms with Crippen LogP contribution in [0.2, 0.25) is 0 Å². The summed E-state index contributed by atoms with van der Waals surface area (Å²) in [6.45, 7) is 6.10. The predicted octanol–water partition coefficient (Wildman–Crippen LogP) is 6.78. The maximum absolute atomic E-state index is 12.4. The van der Waals surface area contributed by atoms with E-state index in [1.54, 1.807) is 18.5 Å². The molecule has 3 aromatic carbocycles. The van der Waals surface area contributed by atoms with Crippen LogP contribution in [-0.4, -0.2) is 59.1 Å². The number of pyridine rings is 1. The number of nitrogens with zero attached hydrogens (tertiary/aromatic N) is 5. The van der Waals surface area contributed by atoms with E-state index in [0.29, 0.717) is 34.6 Å². The van der Waals surface area contributed by atoms with E-state index < -0.39 is 0 Å². The molecule has 0 atom stereocenters. The standard InChI is InChI=1S/C34H34N8O2/c1-24-23-27(39-34(43)38-25-7-4-3-5-8-25)12-15-31(24)44-32-29(9-6-17-35-32)30-16-18-36-33(40-30)37-26-10-13-28(14-11-26)42-21-19-41(2)20-22-42/h3-18,23H,19-22H2,1-2H3,(H,36,37,40)(H2,38,39,43). The molecule has 10 nitrogen and oxygen atoms in total. The van der Waals surface area contributed by atoms with Crippen molar-refractivity contribution in [3.63, 3.8) is 0 Å². The first-order chi connectivity index (χ1) is 21.5. The Morgan fingerprint density at radius 1 is 0.773 bits per heavy atom. The number of benzene rings is 3. The lowest BCUT2D eigenvalue weighted by Gasteiger charge is -2.34. The third-order valence-electron chi connectivity index (χ3n) is 7.37. The Morgan fingerprint density at radius 3 is 2.30 bits per heavy atom. The summed E-state index contributed by atoms with van der Waals surface area (Å²) < 4.78 is 6.26. The summed E-state index contributed by atoms with van der Waals surface area (Å²) in [6, 6.07) is 28.4. The summed E-state index contributed by atoms with van der Waals surface area (Å²) in [5.74, 6) is 1.51. The van der Waals surface area contributed by atoms with Crippen molar-refractivity contribution < 1.29 is 9.53 Å². The van der Waals surface area contributed by atoms with Crippen LogP contribution in [0.4, 0.5) is 33.5 Å². The second-order valence-corrected chi connectivity index (χ2v) is 10.6. The van der Waals surface area contributed by atoms with E-state index in [1.165, 1.54) is 5.69 Å². The highest BCUT2D eigenvalue weighted by Crippen LogP contribution is 2.33. The monoisotopic (exact) mass is 586 g/mol. The number of hydrogen-bond donors (Lipinski definition) is 3. The molecular weight excluding hydrogens is 552 g/mol. The average molecular weight is 587 g/mol. The number of para-hydroxylation sites is 1. The van der Waals surface area contributed by atoms with Crippen LogP contribution in [0.25, 0.3) is 11.3 Å². The normalized spacial score (nSPS) is 13.3. The molecule has 2 amide bonds. The van der Waals surface area contributed by atoms with E-state index >= 15 is 0 Å². The zero-order chi connectivity index (χ0) is 30.3. The second-order valence-electron chi connectivity index (χ2n) is 10.6. The summed E-state index contributed by atoms with van der Waals surface area (Å²) in [7, 11) is 2.16. The number of nitrogens with one attached hydrogen (secondary N) is 3. The van der Waals surface area contributed by atoms with Gasteiger partial charge in [-0.1, -0.05) is 18.2 Å². The topological polar surface area (TPSA) is 108 Å². The van der Waals surface area contributed by atoms with Crippen molar-refractivity contribution in [1.29, 1.82) is 0 Å². The summed E-state index contributed by atoms with van der Waals surface area (Å²) in [5, 5.41) is 8.99. The largest absolute Gasteiger partial charge is 0.438 e. The van der Waals surface area contributed by atoms with Gasteiger partial charge in [0.15, 0.2) is 0 Å². The molecule has 3 heterocycles. The number of anilines is 5. The lowest BCUT2D eigenvalue weighted by atomic mass is 10.2. The predicted molar refractivity (Wildman–Crippen MR) is 175 cm³/mol. The fourth-order valence-corrected chi connectivity index (χ4v) is 4.95. The number of aryl methyl sites for hydroxylation is 1. The van der Waals surface area contributed by atoms with Gasteiger partial charge < -0.3 is 30.5 Å². The molecule has 1 aliphatic heterocycles. The molecule has 3 N–H and O–H groups in total. The zero-order valence-corrected chi connectivity index (χ0v) is 24.7. The second kappa shape index (κ2) is 13.2. The molecule has 0 aliphatic carbocycles. The molecule has 0 unspecified atom stereocenters. The van der Waals surface area contributed by atoms with Crippen LogP contribution in [-0.2, 0) is 0 Å². The summed E-state index contributed by atoms with van der Waals surface area (Å²) >= 11 is 0. The first-order valence-electron chi connectivity index (χ1n) is 14.5. The number of likely N-dealkylation sites (N-methyl/N-ethyl adjacent to an activating group) is 1. The highest BCUT2D eigenvalue weighted by Gasteiger charge is 2.15. The molecule has 10 heteroatoms. The van der Waals surface area contributed by atoms with Gasteiger partial charge in [-0.05, 0) is 92.3 Å². The van der Waals surface area contributed by atoms with Crippen LogP contribution in [0.5, 0.6) is 11.6 Å². The van der Waals surface area contributed by atoms with E-state index in [1.807, 2.05) is 67.6 Å². The molecular formula is C34H34N8O2. The number of ether oxygens (including phenoxy) is 1. The molecule has 0 bridgehead atoms. The van der Waals surface area contributed by atoms with Crippen LogP contribution >= 0.6 is 0 Å². The maximum atomic E-state index is 12.4. The van der Waals surface area contributed by atoms with Crippen molar-refractivity contribution in [2.24, 2.45) is 0 Å². The van der Waals surface area contributed by atoms with Gasteiger partial charge in [0.25, 0.3) is 0 Å². The van der Waals surface area contributed by atoms with Crippen molar-refractivity contribution in [3.05, 3.63) is 109 Å². The first kappa shape index (κ1) is 28.6. The van der Waals surface area contributed by atoms with Gasteiger partial charge in [0, 0.05) is 61.3 Å². The summed E-state index contributed by atoms with van der Waals surface area (Å²) in [5.41, 5.74) is 5.72. The van der Waals surface area contributed by atoms with Crippen molar-refractivity contribution in [2.75, 3.05) is 54.1 Å². The lowest BCUT2D eigenvalue weighted by molar-refractivity contribution is 0.262. The van der Waals surface area contributed by atoms with Crippen molar-refractivity contribution in [1.82, 2.24) is 19.9 Å². The highest BCUT2D eigenvalue weighted by molar-refractivity contribution is 5.99. The molecule has 0 saturated carbocycles. The third kappa shape index (κ3) is 7.11. The number of carbonyl (C=O) groups excluding carboxylic acids is 1. The number of hydrogen-bond acceptors (Lipinski definition) is 8. The molecule has 44 heavy (non-hydrogen) atoms. The van der Waals surface area contributed by atoms with Gasteiger partial charge >= 0.3 is 6.03 Å². The molecule has 0 spiro atoms. The first-order valence-corrected chi connectivity index (χ1v) is 14.5. The SMILES string of the molecule is Cc1cc(NC(=O)Nc2ccccc2)ccc1Oc1ncccc1-c1ccnc(Nc2ccc(N3CCN(C)CC3)cc2)n1. The minimum absolute atomic E-state index is 0.324. The Hall–Kier alpha value is -5.48. The maximum Gasteiger partial charge on any atom is 0.323 e. The average Bonchev–Trinajstić information content (AvgIpc) is 3.04. The van der Waals surface area contributed by atoms with Crippen LogP contribution in [0.15, 0.2) is 103 Å². The smallest absolute Gasteiger partial charge is 0.323 e. The molecule has 2 aromatic heterocycles. The van der Waals surface area contributed by atoms with E-state index in [0.717, 1.165) is 43.0 Å². The molecule has 6 rings (SSSR count). The van der Waals surface area contributed by atoms with Gasteiger partial charge in [0.05, 0.1) is 11.3 Å². The van der Waals surface area contributed by atoms with Crippen molar-refractivity contribution in [2.45, 2.75) is 6.92 Å². The minimum atomic E-state index is -0.324. The van der Waals surface area contributed by atoms with Crippen LogP contribution in [0.1, 0.15) is 5.56 Å². The van der Waals surface area contributed by atoms with E-state index in [2.05, 4.69) is 67.0 Å².